The second-order valence-corrected chi connectivity index (χ2v) is 5.38. The Balaban J connectivity index is 1.85. The van der Waals surface area contributed by atoms with Gasteiger partial charge in [-0.15, -0.1) is 0 Å². The first-order chi connectivity index (χ1) is 8.59. The number of nitrogens with zero attached hydrogens (tertiary/aromatic N) is 1. The summed E-state index contributed by atoms with van der Waals surface area (Å²) < 4.78 is 0. The van der Waals surface area contributed by atoms with Crippen molar-refractivity contribution in [1.82, 2.24) is 20.5 Å². The fourth-order valence-electron chi connectivity index (χ4n) is 2.12. The average molecular weight is 250 g/mol. The van der Waals surface area contributed by atoms with Crippen molar-refractivity contribution in [3.63, 3.8) is 0 Å². The number of nitrogens with one attached hydrogen (secondary N) is 3. The van der Waals surface area contributed by atoms with Gasteiger partial charge in [-0.25, -0.2) is 4.79 Å². The molecule has 1 aliphatic heterocycles. The van der Waals surface area contributed by atoms with Gasteiger partial charge in [0.2, 0.25) is 0 Å². The normalized spacial score (nSPS) is 16.7. The molecule has 5 heteroatoms. The van der Waals surface area contributed by atoms with Crippen LogP contribution in [0.15, 0.2) is 18.5 Å². The molecule has 3 N–H and O–H groups in total. The van der Waals surface area contributed by atoms with E-state index in [1.807, 2.05) is 17.3 Å². The van der Waals surface area contributed by atoms with Gasteiger partial charge in [-0.2, -0.15) is 0 Å². The maximum absolute atomic E-state index is 12.0. The summed E-state index contributed by atoms with van der Waals surface area (Å²) in [6, 6.07) is 2.09. The van der Waals surface area contributed by atoms with Crippen molar-refractivity contribution in [2.45, 2.75) is 19.3 Å². The zero-order valence-corrected chi connectivity index (χ0v) is 11.1. The topological polar surface area (TPSA) is 60.2 Å². The maximum Gasteiger partial charge on any atom is 0.317 e. The Morgan fingerprint density at radius 1 is 1.44 bits per heavy atom. The van der Waals surface area contributed by atoms with Crippen LogP contribution in [0.1, 0.15) is 19.4 Å². The lowest BCUT2D eigenvalue weighted by molar-refractivity contribution is 0.188. The Labute approximate surface area is 108 Å². The quantitative estimate of drug-likeness (QED) is 0.746. The number of hydrogen-bond acceptors (Lipinski definition) is 2. The van der Waals surface area contributed by atoms with Gasteiger partial charge in [0.15, 0.2) is 0 Å². The molecule has 1 aromatic rings. The van der Waals surface area contributed by atoms with Gasteiger partial charge in [0.05, 0.1) is 0 Å². The SMILES string of the molecule is CC(C)(CNC(=O)N1CCNCC1)c1cc[nH]c1. The largest absolute Gasteiger partial charge is 0.367 e. The van der Waals surface area contributed by atoms with Crippen molar-refractivity contribution in [3.8, 4) is 0 Å². The summed E-state index contributed by atoms with van der Waals surface area (Å²) in [6.07, 6.45) is 3.90. The molecule has 1 fully saturated rings. The van der Waals surface area contributed by atoms with Crippen LogP contribution in [-0.2, 0) is 5.41 Å². The minimum absolute atomic E-state index is 0.0418. The molecule has 1 aliphatic rings. The highest BCUT2D eigenvalue weighted by Crippen LogP contribution is 2.21. The van der Waals surface area contributed by atoms with E-state index in [2.05, 4.69) is 35.5 Å². The van der Waals surface area contributed by atoms with Crippen molar-refractivity contribution >= 4 is 6.03 Å². The summed E-state index contributed by atoms with van der Waals surface area (Å²) >= 11 is 0. The predicted octanol–water partition coefficient (Wildman–Crippen LogP) is 0.907. The van der Waals surface area contributed by atoms with E-state index in [1.165, 1.54) is 5.56 Å². The second-order valence-electron chi connectivity index (χ2n) is 5.38. The van der Waals surface area contributed by atoms with Crippen molar-refractivity contribution < 1.29 is 4.79 Å². The Morgan fingerprint density at radius 3 is 2.78 bits per heavy atom. The molecule has 0 unspecified atom stereocenters. The number of H-pyrrole nitrogens is 1. The van der Waals surface area contributed by atoms with Gasteiger partial charge in [0.25, 0.3) is 0 Å². The molecule has 1 saturated heterocycles. The summed E-state index contributed by atoms with van der Waals surface area (Å²) in [5, 5.41) is 6.26. The Morgan fingerprint density at radius 2 is 2.17 bits per heavy atom. The molecule has 0 radical (unpaired) electrons. The highest BCUT2D eigenvalue weighted by molar-refractivity contribution is 5.74. The number of amides is 2. The van der Waals surface area contributed by atoms with E-state index in [9.17, 15) is 4.79 Å². The van der Waals surface area contributed by atoms with Crippen molar-refractivity contribution in [1.29, 1.82) is 0 Å². The molecule has 18 heavy (non-hydrogen) atoms. The molecule has 0 saturated carbocycles. The maximum atomic E-state index is 12.0. The van der Waals surface area contributed by atoms with Crippen LogP contribution in [0.4, 0.5) is 4.79 Å². The van der Waals surface area contributed by atoms with Crippen LogP contribution >= 0.6 is 0 Å². The smallest absolute Gasteiger partial charge is 0.317 e. The van der Waals surface area contributed by atoms with Crippen LogP contribution in [0.25, 0.3) is 0 Å². The zero-order chi connectivity index (χ0) is 13.0. The van der Waals surface area contributed by atoms with E-state index in [1.54, 1.807) is 0 Å². The molecule has 2 amide bonds. The number of hydrogen-bond donors (Lipinski definition) is 3. The molecule has 100 valence electrons. The molecule has 0 bridgehead atoms. The number of aromatic nitrogens is 1. The Bertz CT molecular complexity index is 380. The number of carbonyl (C=O) groups excluding carboxylic acids is 1. The van der Waals surface area contributed by atoms with Crippen molar-refractivity contribution in [2.75, 3.05) is 32.7 Å². The summed E-state index contributed by atoms with van der Waals surface area (Å²) in [6.45, 7) is 8.26. The summed E-state index contributed by atoms with van der Waals surface area (Å²) in [5.41, 5.74) is 1.16. The third-order valence-corrected chi connectivity index (χ3v) is 3.47. The van der Waals surface area contributed by atoms with Crippen LogP contribution in [0, 0.1) is 0 Å². The molecule has 1 aromatic heterocycles. The highest BCUT2D eigenvalue weighted by Gasteiger charge is 2.23. The molecule has 5 nitrogen and oxygen atoms in total. The van der Waals surface area contributed by atoms with Gasteiger partial charge in [-0.1, -0.05) is 13.8 Å². The molecule has 0 aliphatic carbocycles. The molecule has 0 atom stereocenters. The monoisotopic (exact) mass is 250 g/mol. The lowest BCUT2D eigenvalue weighted by Crippen LogP contribution is -2.51. The van der Waals surface area contributed by atoms with E-state index in [0.29, 0.717) is 6.54 Å². The van der Waals surface area contributed by atoms with Crippen LogP contribution < -0.4 is 10.6 Å². The Hall–Kier alpha value is -1.49. The van der Waals surface area contributed by atoms with Crippen LogP contribution in [0.5, 0.6) is 0 Å². The first-order valence-corrected chi connectivity index (χ1v) is 6.46. The number of urea groups is 1. The second kappa shape index (κ2) is 5.44. The standard InChI is InChI=1S/C13H22N4O/c1-13(2,11-3-4-15-9-11)10-16-12(18)17-7-5-14-6-8-17/h3-4,9,14-15H,5-8,10H2,1-2H3,(H,16,18). The lowest BCUT2D eigenvalue weighted by Gasteiger charge is -2.30. The molecule has 2 heterocycles. The minimum Gasteiger partial charge on any atom is -0.367 e. The first kappa shape index (κ1) is 13.0. The number of piperazine rings is 1. The molecule has 0 aromatic carbocycles. The van der Waals surface area contributed by atoms with Crippen molar-refractivity contribution in [2.24, 2.45) is 0 Å². The van der Waals surface area contributed by atoms with Gasteiger partial charge in [-0.3, -0.25) is 0 Å². The predicted molar refractivity (Wildman–Crippen MR) is 71.7 cm³/mol. The third-order valence-electron chi connectivity index (χ3n) is 3.47. The van der Waals surface area contributed by atoms with E-state index in [0.717, 1.165) is 26.2 Å². The van der Waals surface area contributed by atoms with E-state index >= 15 is 0 Å². The zero-order valence-electron chi connectivity index (χ0n) is 11.1. The minimum atomic E-state index is -0.0519. The van der Waals surface area contributed by atoms with Gasteiger partial charge in [-0.05, 0) is 11.6 Å². The van der Waals surface area contributed by atoms with E-state index in [4.69, 9.17) is 0 Å². The third kappa shape index (κ3) is 3.04. The fraction of sp³-hybridized carbons (Fsp3) is 0.615. The Kier molecular flexibility index (Phi) is 3.91. The van der Waals surface area contributed by atoms with Crippen LogP contribution in [0.3, 0.4) is 0 Å². The van der Waals surface area contributed by atoms with Crippen molar-refractivity contribution in [3.05, 3.63) is 24.0 Å². The fourth-order valence-corrected chi connectivity index (χ4v) is 2.12. The summed E-state index contributed by atoms with van der Waals surface area (Å²) in [4.78, 5) is 16.9. The lowest BCUT2D eigenvalue weighted by atomic mass is 9.86. The van der Waals surface area contributed by atoms with Gasteiger partial charge < -0.3 is 20.5 Å². The molecule has 0 spiro atoms. The molecular formula is C13H22N4O. The number of rotatable bonds is 3. The number of carbonyl (C=O) groups is 1. The van der Waals surface area contributed by atoms with Gasteiger partial charge in [0, 0.05) is 50.5 Å². The molecular weight excluding hydrogens is 228 g/mol. The first-order valence-electron chi connectivity index (χ1n) is 6.46. The summed E-state index contributed by atoms with van der Waals surface area (Å²) in [5.74, 6) is 0. The number of aromatic amines is 1. The highest BCUT2D eigenvalue weighted by atomic mass is 16.2. The van der Waals surface area contributed by atoms with E-state index in [-0.39, 0.29) is 11.4 Å². The van der Waals surface area contributed by atoms with Gasteiger partial charge in [0.1, 0.15) is 0 Å². The molecule has 2 rings (SSSR count). The van der Waals surface area contributed by atoms with Crippen LogP contribution in [0.2, 0.25) is 0 Å². The van der Waals surface area contributed by atoms with Gasteiger partial charge >= 0.3 is 6.03 Å². The van der Waals surface area contributed by atoms with Crippen LogP contribution in [-0.4, -0.2) is 48.6 Å². The summed E-state index contributed by atoms with van der Waals surface area (Å²) in [7, 11) is 0. The van der Waals surface area contributed by atoms with E-state index < -0.39 is 0 Å². The average Bonchev–Trinajstić information content (AvgIpc) is 2.92.